The molecule has 11 rings (SSSR count). The molecule has 13 N–H and O–H groups in total. The lowest BCUT2D eigenvalue weighted by atomic mass is 9.88. The molecule has 0 aliphatic carbocycles. The number of amides is 2. The first-order chi connectivity index (χ1) is 57.5. The fraction of sp³-hybridized carbons (Fsp3) is 0.473. The zero-order valence-electron chi connectivity index (χ0n) is 75.4. The second-order valence-electron chi connectivity index (χ2n) is 34.8. The minimum absolute atomic E-state index is 0.0390. The number of morpholine rings is 2. The second-order valence-corrected chi connectivity index (χ2v) is 39.6. The molecule has 29 heteroatoms. The zero-order valence-corrected chi connectivity index (χ0v) is 76.4. The van der Waals surface area contributed by atoms with E-state index in [-0.39, 0.29) is 61.0 Å². The van der Waals surface area contributed by atoms with Crippen LogP contribution in [0, 0.1) is 48.3 Å². The third kappa shape index (κ3) is 31.5. The maximum atomic E-state index is 13.3. The monoisotopic (exact) mass is 1700 g/mol. The van der Waals surface area contributed by atoms with Gasteiger partial charge >= 0.3 is 18.0 Å². The van der Waals surface area contributed by atoms with Crippen LogP contribution in [0.5, 0.6) is 11.5 Å². The van der Waals surface area contributed by atoms with E-state index in [1.807, 2.05) is 208 Å². The van der Waals surface area contributed by atoms with Crippen LogP contribution < -0.4 is 42.8 Å². The van der Waals surface area contributed by atoms with E-state index < -0.39 is 36.0 Å². The average molecular weight is 1700 g/mol. The predicted octanol–water partition coefficient (Wildman–Crippen LogP) is 14.3. The summed E-state index contributed by atoms with van der Waals surface area (Å²) in [6.07, 6.45) is -0.118. The molecule has 2 saturated heterocycles. The number of Topliss-reactive ketones (excluding diaryl/α,β-unsaturated/α-hetero) is 1. The number of carbonyl (C=O) groups is 4. The molecule has 7 aromatic carbocycles. The normalized spacial score (nSPS) is 13.3. The van der Waals surface area contributed by atoms with E-state index in [4.69, 9.17) is 66.0 Å². The summed E-state index contributed by atoms with van der Waals surface area (Å²) in [5.74, 6) is 7.11. The highest BCUT2D eigenvalue weighted by atomic mass is 28.4. The summed E-state index contributed by atoms with van der Waals surface area (Å²) in [6, 6.07) is 52.4. The summed E-state index contributed by atoms with van der Waals surface area (Å²) in [6.45, 7) is 44.9. The van der Waals surface area contributed by atoms with Crippen molar-refractivity contribution in [1.29, 1.82) is 5.26 Å². The number of aromatic nitrogens is 4. The number of hydrogen-bond donors (Lipinski definition) is 10. The molecule has 0 atom stereocenters. The number of anilines is 5. The van der Waals surface area contributed by atoms with E-state index in [0.29, 0.717) is 42.8 Å². The number of aliphatic hydroxyl groups excluding tert-OH is 4. The van der Waals surface area contributed by atoms with E-state index in [0.717, 1.165) is 133 Å². The Hall–Kier alpha value is -10.3. The van der Waals surface area contributed by atoms with E-state index in [9.17, 15) is 29.4 Å². The Balaban J connectivity index is 0.000000275. The molecule has 2 aliphatic heterocycles. The quantitative estimate of drug-likeness (QED) is 0.00791. The van der Waals surface area contributed by atoms with Gasteiger partial charge in [-0.05, 0) is 127 Å². The minimum Gasteiger partial charge on any atom is -0.492 e. The van der Waals surface area contributed by atoms with Crippen LogP contribution in [0.1, 0.15) is 125 Å². The highest BCUT2D eigenvalue weighted by Gasteiger charge is 2.40. The number of urea groups is 1. The number of esters is 2. The van der Waals surface area contributed by atoms with Gasteiger partial charge in [0.2, 0.25) is 0 Å². The first-order valence-electron chi connectivity index (χ1n) is 41.0. The smallest absolute Gasteiger partial charge is 0.324 e. The third-order valence-electron chi connectivity index (χ3n) is 21.1. The highest BCUT2D eigenvalue weighted by Crippen LogP contribution is 2.39. The van der Waals surface area contributed by atoms with Crippen LogP contribution in [-0.2, 0) is 48.6 Å². The number of nitrogens with one attached hydrogen (secondary N) is 3. The van der Waals surface area contributed by atoms with Crippen molar-refractivity contribution in [2.45, 2.75) is 146 Å². The van der Waals surface area contributed by atoms with Crippen LogP contribution in [0.4, 0.5) is 33.5 Å². The number of nitriles is 1. The Morgan fingerprint density at radius 1 is 0.525 bits per heavy atom. The number of aryl methyl sites for hydroxylation is 3. The first-order valence-corrected chi connectivity index (χ1v) is 43.9. The molecule has 666 valence electrons. The van der Waals surface area contributed by atoms with Crippen molar-refractivity contribution in [3.63, 3.8) is 0 Å². The van der Waals surface area contributed by atoms with Crippen molar-refractivity contribution in [1.82, 2.24) is 29.4 Å². The number of carbonyl (C=O) groups excluding carboxylic acids is 4. The fourth-order valence-electron chi connectivity index (χ4n) is 11.2. The fourth-order valence-corrected chi connectivity index (χ4v) is 12.3. The number of ketones is 1. The Kier molecular flexibility index (Phi) is 40.1. The molecule has 0 unspecified atom stereocenters. The molecular weight excluding hydrogens is 1570 g/mol. The van der Waals surface area contributed by atoms with Crippen molar-refractivity contribution in [2.75, 3.05) is 154 Å². The van der Waals surface area contributed by atoms with Gasteiger partial charge in [0.1, 0.15) is 36.3 Å². The van der Waals surface area contributed by atoms with Gasteiger partial charge in [-0.2, -0.15) is 15.5 Å². The summed E-state index contributed by atoms with van der Waals surface area (Å²) in [4.78, 5) is 51.1. The Morgan fingerprint density at radius 3 is 1.38 bits per heavy atom. The number of fused-ring (bicyclic) bond motifs is 2. The summed E-state index contributed by atoms with van der Waals surface area (Å²) in [5, 5.41) is 64.0. The second kappa shape index (κ2) is 47.9. The molecule has 0 saturated carbocycles. The lowest BCUT2D eigenvalue weighted by Crippen LogP contribution is -2.44. The average Bonchev–Trinajstić information content (AvgIpc) is 1.77. The largest absolute Gasteiger partial charge is 0.492 e. The summed E-state index contributed by atoms with van der Waals surface area (Å²) in [5.41, 5.74) is 20.7. The molecular formula is C93H135N13O15Si. The number of rotatable bonds is 26. The molecule has 2 aliphatic rings. The topological polar surface area (TPSA) is 394 Å². The lowest BCUT2D eigenvalue weighted by Gasteiger charge is -2.38. The number of hydrazine groups is 1. The molecule has 9 aromatic rings. The Labute approximate surface area is 722 Å². The van der Waals surface area contributed by atoms with Crippen LogP contribution in [0.25, 0.3) is 32.9 Å². The zero-order chi connectivity index (χ0) is 90.8. The molecule has 2 aromatic heterocycles. The van der Waals surface area contributed by atoms with Crippen LogP contribution >= 0.6 is 0 Å². The van der Waals surface area contributed by atoms with Crippen LogP contribution in [-0.4, -0.2) is 208 Å². The number of methoxy groups -OCH3 is 2. The van der Waals surface area contributed by atoms with E-state index in [2.05, 4.69) is 75.6 Å². The van der Waals surface area contributed by atoms with Gasteiger partial charge < -0.3 is 75.5 Å². The number of nitrogen functional groups attached to an aromatic ring is 3. The number of nitrogens with two attached hydrogens (primary N) is 3. The molecule has 28 nitrogen and oxygen atoms in total. The van der Waals surface area contributed by atoms with Gasteiger partial charge in [0.25, 0.3) is 0 Å². The standard InChI is InChI=1S/C31H37N5O4.C16H20N2O2.C14H19N3O.C12H26O3Si.C7H10N2.C7H11NO2.C6H12O3/c1-22-8-10-23(11-9-22)36-29(20-28(34-36)31(2,3)21-37)33-30(38)32-26-12-13-27(25-7-5-4-6-24(25)26)40-19-16-35-14-17-39-18-15-35;17-15-5-6-16(14-4-2-1-3-13(14)15)20-12-9-18-7-10-19-11-8-18;1-10-4-6-11(7-5-10)17-13(15)8-12(16-17)14(2,3)9-18;1-11(2,3)16(7,8)15-9-12(4,5)10(13)14-6;1-6-2-4-7(9-8)5-3-6;1-7(2,5-9)6(10)3-4-8;1-6(2,4-7)5(8)9-3/h4-13,20,37H,14-19,21H2,1-3H3,(H2,32,33,38);1-6H,7-12,17H2;4-8,18H,9,15H2,1-3H3;9H2,1-8H3;2-5,9H,8H2,1H3;9H,3,5H2,1-2H3;7H,4H2,1-3H3. The van der Waals surface area contributed by atoms with Crippen molar-refractivity contribution < 1.29 is 72.5 Å². The number of nitrogens with zero attached hydrogens (tertiary/aromatic N) is 7. The SMILES string of the molecule is CC(C)(CO)C(=O)CC#N.COC(=O)C(C)(C)CO.COC(=O)C(C)(C)CO[Si](C)(C)C(C)(C)C.Cc1ccc(-n2nc(C(C)(C)CO)cc2N)cc1.Cc1ccc(-n2nc(C(C)(C)CO)cc2NC(=O)Nc2ccc(OCCN3CCOCC3)c3ccccc23)cc1.Cc1ccc(NN)cc1.Nc1ccc(OCCN2CCOCC2)c2ccccc12. The first kappa shape index (κ1) is 102. The highest BCUT2D eigenvalue weighted by molar-refractivity contribution is 6.74. The van der Waals surface area contributed by atoms with Gasteiger partial charge in [0, 0.05) is 107 Å². The van der Waals surface area contributed by atoms with Crippen molar-refractivity contribution in [3.8, 4) is 28.9 Å². The van der Waals surface area contributed by atoms with E-state index in [1.54, 1.807) is 49.2 Å². The van der Waals surface area contributed by atoms with Crippen LogP contribution in [0.2, 0.25) is 18.1 Å². The molecule has 2 amide bonds. The van der Waals surface area contributed by atoms with E-state index >= 15 is 0 Å². The van der Waals surface area contributed by atoms with E-state index in [1.165, 1.54) is 25.3 Å². The molecule has 0 radical (unpaired) electrons. The summed E-state index contributed by atoms with van der Waals surface area (Å²) < 4.78 is 41.4. The lowest BCUT2D eigenvalue weighted by molar-refractivity contribution is -0.153. The van der Waals surface area contributed by atoms with Gasteiger partial charge in [0.15, 0.2) is 14.1 Å². The number of ether oxygens (including phenoxy) is 6. The van der Waals surface area contributed by atoms with Crippen molar-refractivity contribution in [2.24, 2.45) is 22.1 Å². The van der Waals surface area contributed by atoms with Gasteiger partial charge in [-0.15, -0.1) is 0 Å². The maximum Gasteiger partial charge on any atom is 0.324 e. The van der Waals surface area contributed by atoms with Gasteiger partial charge in [-0.1, -0.05) is 164 Å². The number of hydrogen-bond acceptors (Lipinski definition) is 24. The molecule has 0 bridgehead atoms. The van der Waals surface area contributed by atoms with Gasteiger partial charge in [-0.25, -0.2) is 14.2 Å². The van der Waals surface area contributed by atoms with Gasteiger partial charge in [-0.3, -0.25) is 35.3 Å². The van der Waals surface area contributed by atoms with Crippen LogP contribution in [0.15, 0.2) is 158 Å². The number of benzene rings is 7. The maximum absolute atomic E-state index is 13.3. The predicted molar refractivity (Wildman–Crippen MR) is 489 cm³/mol. The summed E-state index contributed by atoms with van der Waals surface area (Å²) in [7, 11) is 0.937. The Bertz CT molecular complexity index is 4770. The molecule has 0 spiro atoms. The van der Waals surface area contributed by atoms with Crippen molar-refractivity contribution >= 4 is 82.3 Å². The van der Waals surface area contributed by atoms with Crippen molar-refractivity contribution in [3.05, 3.63) is 186 Å². The Morgan fingerprint density at radius 2 is 0.943 bits per heavy atom. The molecule has 4 heterocycles. The van der Waals surface area contributed by atoms with Crippen LogP contribution in [0.3, 0.4) is 0 Å². The minimum atomic E-state index is -1.78. The summed E-state index contributed by atoms with van der Waals surface area (Å²) >= 11 is 0. The molecule has 122 heavy (non-hydrogen) atoms. The molecule has 2 fully saturated rings. The van der Waals surface area contributed by atoms with Gasteiger partial charge in [0.05, 0.1) is 119 Å². The number of aliphatic hydroxyl groups is 4. The third-order valence-corrected chi connectivity index (χ3v) is 25.6.